The number of carbonyl (C=O) groups is 2. The van der Waals surface area contributed by atoms with E-state index in [0.717, 1.165) is 31.4 Å². The minimum absolute atomic E-state index is 0.0278. The van der Waals surface area contributed by atoms with Crippen LogP contribution in [0.2, 0.25) is 0 Å². The van der Waals surface area contributed by atoms with E-state index in [1.807, 2.05) is 0 Å². The predicted molar refractivity (Wildman–Crippen MR) is 118 cm³/mol. The van der Waals surface area contributed by atoms with Gasteiger partial charge in [0, 0.05) is 26.2 Å². The van der Waals surface area contributed by atoms with Gasteiger partial charge in [-0.2, -0.15) is 0 Å². The van der Waals surface area contributed by atoms with Crippen LogP contribution in [0.5, 0.6) is 0 Å². The van der Waals surface area contributed by atoms with Crippen LogP contribution < -0.4 is 10.6 Å². The summed E-state index contributed by atoms with van der Waals surface area (Å²) >= 11 is 0. The number of guanidine groups is 1. The molecule has 2 N–H and O–H groups in total. The summed E-state index contributed by atoms with van der Waals surface area (Å²) in [4.78, 5) is 32.0. The lowest BCUT2D eigenvalue weighted by molar-refractivity contribution is -0.140. The van der Waals surface area contributed by atoms with Crippen molar-refractivity contribution in [3.63, 3.8) is 0 Å². The van der Waals surface area contributed by atoms with Gasteiger partial charge in [0.25, 0.3) is 0 Å². The van der Waals surface area contributed by atoms with Gasteiger partial charge in [0.1, 0.15) is 0 Å². The summed E-state index contributed by atoms with van der Waals surface area (Å²) < 4.78 is 0. The zero-order valence-electron chi connectivity index (χ0n) is 18.0. The van der Waals surface area contributed by atoms with Crippen LogP contribution in [-0.4, -0.2) is 48.9 Å². The van der Waals surface area contributed by atoms with E-state index in [1.54, 1.807) is 0 Å². The monoisotopic (exact) mass is 418 g/mol. The summed E-state index contributed by atoms with van der Waals surface area (Å²) in [5, 5.41) is 6.64. The number of likely N-dealkylation sites (tertiary alicyclic amines) is 1. The summed E-state index contributed by atoms with van der Waals surface area (Å²) in [6, 6.07) is 8.80. The molecule has 1 aliphatic heterocycles. The zero-order valence-corrected chi connectivity index (χ0v) is 18.0. The third kappa shape index (κ3) is 2.94. The summed E-state index contributed by atoms with van der Waals surface area (Å²) in [5.41, 5.74) is 3.03. The second-order valence-electron chi connectivity index (χ2n) is 9.73. The Morgan fingerprint density at radius 1 is 1.06 bits per heavy atom. The highest BCUT2D eigenvalue weighted by Crippen LogP contribution is 2.61. The van der Waals surface area contributed by atoms with E-state index in [9.17, 15) is 9.59 Å². The maximum Gasteiger partial charge on any atom is 0.233 e. The van der Waals surface area contributed by atoms with E-state index in [4.69, 9.17) is 4.99 Å². The first-order valence-electron chi connectivity index (χ1n) is 11.8. The second kappa shape index (κ2) is 7.21. The molecular weight excluding hydrogens is 388 g/mol. The Bertz CT molecular complexity index is 955. The fourth-order valence-corrected chi connectivity index (χ4v) is 6.74. The quantitative estimate of drug-likeness (QED) is 0.321. The number of hydrogen-bond donors (Lipinski definition) is 2. The van der Waals surface area contributed by atoms with Crippen LogP contribution in [0.25, 0.3) is 0 Å². The van der Waals surface area contributed by atoms with Crippen molar-refractivity contribution < 1.29 is 9.59 Å². The number of nitrogens with zero attached hydrogens (tertiary/aromatic N) is 2. The highest BCUT2D eigenvalue weighted by molar-refractivity contribution is 6.06. The maximum atomic E-state index is 12.8. The fraction of sp³-hybridized carbons (Fsp3) is 0.560. The van der Waals surface area contributed by atoms with Crippen molar-refractivity contribution in [3.8, 4) is 0 Å². The van der Waals surface area contributed by atoms with Crippen molar-refractivity contribution in [2.45, 2.75) is 25.7 Å². The first-order chi connectivity index (χ1) is 15.2. The lowest BCUT2D eigenvalue weighted by Crippen LogP contribution is -2.43. The number of hydrogen-bond acceptors (Lipinski definition) is 3. The van der Waals surface area contributed by atoms with Crippen LogP contribution in [0.3, 0.4) is 0 Å². The fourth-order valence-electron chi connectivity index (χ4n) is 6.74. The molecule has 6 rings (SSSR count). The van der Waals surface area contributed by atoms with E-state index in [1.165, 1.54) is 22.4 Å². The van der Waals surface area contributed by atoms with Gasteiger partial charge in [-0.3, -0.25) is 19.5 Å². The van der Waals surface area contributed by atoms with Gasteiger partial charge >= 0.3 is 0 Å². The van der Waals surface area contributed by atoms with Crippen LogP contribution in [0.4, 0.5) is 0 Å². The summed E-state index contributed by atoms with van der Waals surface area (Å²) in [5.74, 6) is 3.20. The van der Waals surface area contributed by atoms with E-state index < -0.39 is 0 Å². The van der Waals surface area contributed by atoms with Gasteiger partial charge in [0.2, 0.25) is 11.8 Å². The number of carbonyl (C=O) groups excluding carboxylic acids is 2. The van der Waals surface area contributed by atoms with Crippen molar-refractivity contribution in [1.82, 2.24) is 15.5 Å². The molecule has 6 heteroatoms. The third-order valence-corrected chi connectivity index (χ3v) is 8.20. The summed E-state index contributed by atoms with van der Waals surface area (Å²) in [7, 11) is 0. The SMILES string of the molecule is CCNC(=NCC1C2Cc3ccccc3C12)NCCN1C(=O)C2C3C=CC(C3)C2C1=O. The molecule has 1 saturated heterocycles. The normalized spacial score (nSPS) is 36.6. The topological polar surface area (TPSA) is 73.8 Å². The molecule has 7 atom stereocenters. The third-order valence-electron chi connectivity index (χ3n) is 8.20. The lowest BCUT2D eigenvalue weighted by atomic mass is 9.85. The van der Waals surface area contributed by atoms with Crippen LogP contribution in [0.1, 0.15) is 30.4 Å². The number of amides is 2. The lowest BCUT2D eigenvalue weighted by Gasteiger charge is -2.18. The molecule has 4 aliphatic carbocycles. The van der Waals surface area contributed by atoms with E-state index >= 15 is 0 Å². The summed E-state index contributed by atoms with van der Waals surface area (Å²) in [6.07, 6.45) is 6.44. The number of aliphatic imine (C=N–C) groups is 1. The molecule has 0 aromatic heterocycles. The molecule has 7 unspecified atom stereocenters. The number of nitrogens with one attached hydrogen (secondary N) is 2. The molecule has 2 saturated carbocycles. The molecule has 2 bridgehead atoms. The van der Waals surface area contributed by atoms with Gasteiger partial charge in [-0.1, -0.05) is 36.4 Å². The Morgan fingerprint density at radius 3 is 2.55 bits per heavy atom. The van der Waals surface area contributed by atoms with Crippen LogP contribution in [-0.2, 0) is 16.0 Å². The highest BCUT2D eigenvalue weighted by Gasteiger charge is 2.59. The molecule has 3 fully saturated rings. The van der Waals surface area contributed by atoms with Gasteiger partial charge in [-0.05, 0) is 60.5 Å². The first-order valence-corrected chi connectivity index (χ1v) is 11.8. The minimum Gasteiger partial charge on any atom is -0.357 e. The van der Waals surface area contributed by atoms with Crippen molar-refractivity contribution in [3.05, 3.63) is 47.5 Å². The number of benzene rings is 1. The van der Waals surface area contributed by atoms with Gasteiger partial charge in [0.05, 0.1) is 11.8 Å². The minimum atomic E-state index is -0.110. The molecular formula is C25H30N4O2. The Labute approximate surface area is 183 Å². The Balaban J connectivity index is 1.04. The van der Waals surface area contributed by atoms with Crippen molar-refractivity contribution in [2.75, 3.05) is 26.2 Å². The molecule has 0 radical (unpaired) electrons. The molecule has 1 aromatic carbocycles. The van der Waals surface area contributed by atoms with Crippen LogP contribution in [0, 0.1) is 35.5 Å². The predicted octanol–water partition coefficient (Wildman–Crippen LogP) is 1.93. The van der Waals surface area contributed by atoms with Gasteiger partial charge in [0.15, 0.2) is 5.96 Å². The average molecular weight is 419 g/mol. The van der Waals surface area contributed by atoms with Gasteiger partial charge in [-0.15, -0.1) is 0 Å². The van der Waals surface area contributed by atoms with Gasteiger partial charge < -0.3 is 10.6 Å². The molecule has 31 heavy (non-hydrogen) atoms. The molecule has 2 amide bonds. The largest absolute Gasteiger partial charge is 0.357 e. The first kappa shape index (κ1) is 19.1. The number of allylic oxidation sites excluding steroid dienone is 2. The zero-order chi connectivity index (χ0) is 21.1. The molecule has 162 valence electrons. The van der Waals surface area contributed by atoms with E-state index in [2.05, 4.69) is 54.0 Å². The highest BCUT2D eigenvalue weighted by atomic mass is 16.2. The molecule has 0 spiro atoms. The Morgan fingerprint density at radius 2 is 1.81 bits per heavy atom. The summed E-state index contributed by atoms with van der Waals surface area (Å²) in [6.45, 7) is 4.60. The molecule has 1 aromatic rings. The second-order valence-corrected chi connectivity index (χ2v) is 9.73. The van der Waals surface area contributed by atoms with Gasteiger partial charge in [-0.25, -0.2) is 0 Å². The van der Waals surface area contributed by atoms with Crippen molar-refractivity contribution >= 4 is 17.8 Å². The smallest absolute Gasteiger partial charge is 0.233 e. The Hall–Kier alpha value is -2.63. The number of rotatable bonds is 6. The number of fused-ring (bicyclic) bond motifs is 8. The average Bonchev–Trinajstić information content (AvgIpc) is 3.20. The van der Waals surface area contributed by atoms with E-state index in [-0.39, 0.29) is 35.5 Å². The molecule has 5 aliphatic rings. The van der Waals surface area contributed by atoms with Crippen molar-refractivity contribution in [2.24, 2.45) is 40.5 Å². The molecule has 1 heterocycles. The Kier molecular flexibility index (Phi) is 4.44. The van der Waals surface area contributed by atoms with Crippen LogP contribution >= 0.6 is 0 Å². The van der Waals surface area contributed by atoms with E-state index in [0.29, 0.717) is 24.9 Å². The molecule has 6 nitrogen and oxygen atoms in total. The maximum absolute atomic E-state index is 12.8. The standard InChI is InChI=1S/C25H30N4O2/c1-2-26-25(28-13-19-18-12-14-5-3-4-6-17(14)22(18)19)27-9-10-29-23(30)20-15-7-8-16(11-15)21(20)24(29)31/h3-8,15-16,18-22H,2,9-13H2,1H3,(H2,26,27,28). The van der Waals surface area contributed by atoms with Crippen LogP contribution in [0.15, 0.2) is 41.4 Å². The number of imide groups is 1. The van der Waals surface area contributed by atoms with Crippen molar-refractivity contribution in [1.29, 1.82) is 0 Å².